The predicted octanol–water partition coefficient (Wildman–Crippen LogP) is 3.53. The summed E-state index contributed by atoms with van der Waals surface area (Å²) in [6, 6.07) is 14.1. The van der Waals surface area contributed by atoms with Crippen molar-refractivity contribution in [2.75, 3.05) is 19.8 Å². The number of carboxylic acid groups (broad SMARTS) is 2. The Morgan fingerprint density at radius 2 is 1.50 bits per heavy atom. The van der Waals surface area contributed by atoms with E-state index in [1.54, 1.807) is 43.3 Å². The largest absolute Gasteiger partial charge is 0.490 e. The molecule has 2 aromatic carbocycles. The Morgan fingerprint density at radius 1 is 0.967 bits per heavy atom. The van der Waals surface area contributed by atoms with Crippen LogP contribution in [0.15, 0.2) is 53.4 Å². The molecule has 7 nitrogen and oxygen atoms in total. The van der Waals surface area contributed by atoms with Gasteiger partial charge < -0.3 is 24.4 Å². The van der Waals surface area contributed by atoms with Crippen LogP contribution < -0.4 is 9.47 Å². The van der Waals surface area contributed by atoms with E-state index in [0.717, 1.165) is 5.56 Å². The molecule has 0 saturated heterocycles. The summed E-state index contributed by atoms with van der Waals surface area (Å²) in [5, 5.41) is 18.0. The van der Waals surface area contributed by atoms with Crippen LogP contribution in [0.2, 0.25) is 0 Å². The molecule has 0 amide bonds. The second kappa shape index (κ2) is 11.9. The zero-order chi connectivity index (χ0) is 21.9. The Hall–Kier alpha value is -2.97. The van der Waals surface area contributed by atoms with E-state index in [4.69, 9.17) is 24.4 Å². The van der Waals surface area contributed by atoms with Gasteiger partial charge in [0, 0.05) is 13.0 Å². The van der Waals surface area contributed by atoms with Gasteiger partial charge in [-0.1, -0.05) is 24.3 Å². The maximum atomic E-state index is 11.2. The molecule has 0 aliphatic carbocycles. The summed E-state index contributed by atoms with van der Waals surface area (Å²) < 4.78 is 16.4. The van der Waals surface area contributed by atoms with E-state index in [1.807, 2.05) is 12.1 Å². The Balaban J connectivity index is 1.77. The van der Waals surface area contributed by atoms with E-state index in [0.29, 0.717) is 43.3 Å². The lowest BCUT2D eigenvalue weighted by Gasteiger charge is -2.13. The molecule has 0 aliphatic rings. The Labute approximate surface area is 180 Å². The van der Waals surface area contributed by atoms with Crippen molar-refractivity contribution in [2.24, 2.45) is 0 Å². The summed E-state index contributed by atoms with van der Waals surface area (Å²) in [7, 11) is 0. The third kappa shape index (κ3) is 7.81. The van der Waals surface area contributed by atoms with Crippen LogP contribution in [0.5, 0.6) is 11.5 Å². The molecular formula is C22H24O7S. The lowest BCUT2D eigenvalue weighted by Crippen LogP contribution is -2.26. The number of ether oxygens (including phenoxy) is 3. The molecule has 1 atom stereocenters. The van der Waals surface area contributed by atoms with Gasteiger partial charge in [-0.15, -0.1) is 12.6 Å². The van der Waals surface area contributed by atoms with Crippen LogP contribution in [0.4, 0.5) is 0 Å². The molecule has 0 heterocycles. The van der Waals surface area contributed by atoms with E-state index in [9.17, 15) is 9.59 Å². The molecule has 0 fully saturated rings. The topological polar surface area (TPSA) is 102 Å². The molecule has 0 radical (unpaired) electrons. The van der Waals surface area contributed by atoms with Crippen molar-refractivity contribution >= 4 is 30.6 Å². The molecule has 160 valence electrons. The highest BCUT2D eigenvalue weighted by molar-refractivity contribution is 7.85. The number of hydrogen-bond acceptors (Lipinski definition) is 6. The van der Waals surface area contributed by atoms with Crippen molar-refractivity contribution in [1.82, 2.24) is 0 Å². The van der Waals surface area contributed by atoms with Crippen LogP contribution >= 0.6 is 12.6 Å². The monoisotopic (exact) mass is 432 g/mol. The molecule has 0 spiro atoms. The standard InChI is InChI=1S/C22H24O7S/c1-2-27-19(21(23)24)13-15-3-7-17(8-4-15)28-11-12-29-18-9-5-16(6-10-18)14-20(30)22(25)26/h3-10,14,19,30H,2,11-13H2,1H3,(H,23,24)(H,25,26). The predicted molar refractivity (Wildman–Crippen MR) is 115 cm³/mol. The normalized spacial score (nSPS) is 12.3. The highest BCUT2D eigenvalue weighted by atomic mass is 32.1. The zero-order valence-corrected chi connectivity index (χ0v) is 17.4. The molecule has 30 heavy (non-hydrogen) atoms. The highest BCUT2D eigenvalue weighted by Gasteiger charge is 2.17. The summed E-state index contributed by atoms with van der Waals surface area (Å²) in [5.74, 6) is -0.773. The maximum Gasteiger partial charge on any atom is 0.341 e. The number of benzene rings is 2. The zero-order valence-electron chi connectivity index (χ0n) is 16.5. The number of carbonyl (C=O) groups is 2. The second-order valence-corrected chi connectivity index (χ2v) is 6.71. The first-order valence-corrected chi connectivity index (χ1v) is 9.76. The van der Waals surface area contributed by atoms with Crippen molar-refractivity contribution < 1.29 is 34.0 Å². The fourth-order valence-corrected chi connectivity index (χ4v) is 2.70. The van der Waals surface area contributed by atoms with Crippen LogP contribution in [0, 0.1) is 0 Å². The molecule has 0 aliphatic heterocycles. The van der Waals surface area contributed by atoms with Gasteiger partial charge in [0.1, 0.15) is 24.7 Å². The third-order valence-corrected chi connectivity index (χ3v) is 4.33. The molecule has 0 bridgehead atoms. The van der Waals surface area contributed by atoms with Gasteiger partial charge in [-0.3, -0.25) is 0 Å². The van der Waals surface area contributed by atoms with Crippen molar-refractivity contribution in [1.29, 1.82) is 0 Å². The first kappa shape index (κ1) is 23.3. The highest BCUT2D eigenvalue weighted by Crippen LogP contribution is 2.17. The fraction of sp³-hybridized carbons (Fsp3) is 0.273. The van der Waals surface area contributed by atoms with Crippen molar-refractivity contribution in [2.45, 2.75) is 19.4 Å². The van der Waals surface area contributed by atoms with Gasteiger partial charge in [0.25, 0.3) is 0 Å². The number of rotatable bonds is 12. The lowest BCUT2D eigenvalue weighted by atomic mass is 10.1. The molecular weight excluding hydrogens is 408 g/mol. The van der Waals surface area contributed by atoms with Gasteiger partial charge in [0.2, 0.25) is 0 Å². The van der Waals surface area contributed by atoms with Crippen LogP contribution in [-0.2, 0) is 20.7 Å². The molecule has 0 aromatic heterocycles. The minimum Gasteiger partial charge on any atom is -0.490 e. The van der Waals surface area contributed by atoms with E-state index in [2.05, 4.69) is 12.6 Å². The van der Waals surface area contributed by atoms with Gasteiger partial charge in [-0.05, 0) is 48.4 Å². The number of thiol groups is 1. The molecule has 2 aromatic rings. The summed E-state index contributed by atoms with van der Waals surface area (Å²) in [5.41, 5.74) is 1.56. The van der Waals surface area contributed by atoms with E-state index in [1.165, 1.54) is 6.08 Å². The smallest absolute Gasteiger partial charge is 0.341 e. The summed E-state index contributed by atoms with van der Waals surface area (Å²) in [6.45, 7) is 2.76. The molecule has 8 heteroatoms. The summed E-state index contributed by atoms with van der Waals surface area (Å²) in [6.07, 6.45) is 0.883. The lowest BCUT2D eigenvalue weighted by molar-refractivity contribution is -0.150. The van der Waals surface area contributed by atoms with Crippen LogP contribution in [0.25, 0.3) is 6.08 Å². The molecule has 1 unspecified atom stereocenters. The van der Waals surface area contributed by atoms with E-state index < -0.39 is 18.0 Å². The minimum atomic E-state index is -1.08. The average molecular weight is 432 g/mol. The van der Waals surface area contributed by atoms with E-state index >= 15 is 0 Å². The van der Waals surface area contributed by atoms with Crippen LogP contribution in [0.1, 0.15) is 18.1 Å². The quantitative estimate of drug-likeness (QED) is 0.268. The average Bonchev–Trinajstić information content (AvgIpc) is 2.73. The van der Waals surface area contributed by atoms with Crippen molar-refractivity contribution in [3.63, 3.8) is 0 Å². The second-order valence-electron chi connectivity index (χ2n) is 6.23. The maximum absolute atomic E-state index is 11.2. The van der Waals surface area contributed by atoms with Crippen molar-refractivity contribution in [3.8, 4) is 11.5 Å². The molecule has 0 saturated carbocycles. The van der Waals surface area contributed by atoms with Gasteiger partial charge >= 0.3 is 11.9 Å². The summed E-state index contributed by atoms with van der Waals surface area (Å²) in [4.78, 5) is 21.9. The van der Waals surface area contributed by atoms with Gasteiger partial charge in [-0.25, -0.2) is 9.59 Å². The minimum absolute atomic E-state index is 0.0422. The van der Waals surface area contributed by atoms with Gasteiger partial charge in [0.15, 0.2) is 6.10 Å². The Kier molecular flexibility index (Phi) is 9.24. The van der Waals surface area contributed by atoms with Gasteiger partial charge in [-0.2, -0.15) is 0 Å². The number of hydrogen-bond donors (Lipinski definition) is 3. The SMILES string of the molecule is CCOC(Cc1ccc(OCCOc2ccc(C=C(S)C(=O)O)cc2)cc1)C(=O)O. The summed E-state index contributed by atoms with van der Waals surface area (Å²) >= 11 is 3.89. The molecule has 2 rings (SSSR count). The van der Waals surface area contributed by atoms with E-state index in [-0.39, 0.29) is 4.91 Å². The van der Waals surface area contributed by atoms with Crippen molar-refractivity contribution in [3.05, 3.63) is 64.6 Å². The number of aliphatic carboxylic acids is 2. The molecule has 2 N–H and O–H groups in total. The van der Waals surface area contributed by atoms with Crippen LogP contribution in [-0.4, -0.2) is 48.1 Å². The first-order valence-electron chi connectivity index (χ1n) is 9.32. The van der Waals surface area contributed by atoms with Gasteiger partial charge in [0.05, 0.1) is 4.91 Å². The fourth-order valence-electron chi connectivity index (χ4n) is 2.55. The van der Waals surface area contributed by atoms with Crippen LogP contribution in [0.3, 0.4) is 0 Å². The third-order valence-electron chi connectivity index (χ3n) is 4.01. The Morgan fingerprint density at radius 3 is 1.97 bits per heavy atom. The number of carboxylic acids is 2. The Bertz CT molecular complexity index is 860. The first-order chi connectivity index (χ1) is 14.4.